The van der Waals surface area contributed by atoms with E-state index in [4.69, 9.17) is 24.8 Å². The lowest BCUT2D eigenvalue weighted by Gasteiger charge is -2.32. The van der Waals surface area contributed by atoms with E-state index in [0.29, 0.717) is 24.3 Å². The summed E-state index contributed by atoms with van der Waals surface area (Å²) >= 11 is 0. The first-order valence-electron chi connectivity index (χ1n) is 15.6. The summed E-state index contributed by atoms with van der Waals surface area (Å²) in [5.74, 6) is -4.64. The van der Waals surface area contributed by atoms with Crippen LogP contribution in [0.4, 0.5) is 26.3 Å². The molecule has 0 spiro atoms. The highest BCUT2D eigenvalue weighted by molar-refractivity contribution is 5.99. The van der Waals surface area contributed by atoms with E-state index < -0.39 is 24.3 Å². The molecule has 2 aliphatic rings. The number of hydrogen-bond donors (Lipinski definition) is 3. The number of aliphatic carboxylic acids is 2. The number of alkyl halides is 6. The van der Waals surface area contributed by atoms with Gasteiger partial charge in [-0.2, -0.15) is 26.3 Å². The Bertz CT molecular complexity index is 1570. The van der Waals surface area contributed by atoms with Crippen molar-refractivity contribution in [1.82, 2.24) is 29.4 Å². The number of nitrogens with zero attached hydrogens (tertiary/aromatic N) is 5. The van der Waals surface area contributed by atoms with E-state index in [-0.39, 0.29) is 17.7 Å². The maximum Gasteiger partial charge on any atom is 0.490 e. The lowest BCUT2D eigenvalue weighted by molar-refractivity contribution is -0.193. The molecule has 4 heterocycles. The molecule has 1 atom stereocenters. The number of benzene rings is 1. The molecule has 18 heteroatoms. The minimum absolute atomic E-state index is 0.0551. The highest BCUT2D eigenvalue weighted by atomic mass is 19.4. The first kappa shape index (κ1) is 39.7. The number of carbonyl (C=O) groups excluding carboxylic acids is 2. The molecule has 0 bridgehead atoms. The molecular formula is C32H38F6N6O6. The fraction of sp³-hybridized carbons (Fsp3) is 0.469. The van der Waals surface area contributed by atoms with Crippen molar-refractivity contribution >= 4 is 29.3 Å². The molecule has 2 saturated heterocycles. The van der Waals surface area contributed by atoms with Gasteiger partial charge in [0.2, 0.25) is 0 Å². The highest BCUT2D eigenvalue weighted by Crippen LogP contribution is 2.29. The smallest absolute Gasteiger partial charge is 0.475 e. The summed E-state index contributed by atoms with van der Waals surface area (Å²) in [5, 5.41) is 17.3. The van der Waals surface area contributed by atoms with E-state index in [1.807, 2.05) is 64.0 Å². The van der Waals surface area contributed by atoms with Gasteiger partial charge in [0, 0.05) is 63.5 Å². The number of carbonyl (C=O) groups is 4. The summed E-state index contributed by atoms with van der Waals surface area (Å²) in [4.78, 5) is 55.6. The number of hydrogen-bond acceptors (Lipinski definition) is 7. The number of carboxylic acid groups (broad SMARTS) is 2. The zero-order chi connectivity index (χ0) is 37.1. The van der Waals surface area contributed by atoms with Gasteiger partial charge in [-0.05, 0) is 57.1 Å². The van der Waals surface area contributed by atoms with E-state index in [0.717, 1.165) is 69.9 Å². The van der Waals surface area contributed by atoms with Gasteiger partial charge in [-0.1, -0.05) is 24.3 Å². The number of amides is 2. The number of fused-ring (bicyclic) bond motifs is 1. The van der Waals surface area contributed by atoms with Crippen LogP contribution < -0.4 is 5.32 Å². The van der Waals surface area contributed by atoms with Crippen molar-refractivity contribution in [3.05, 3.63) is 71.8 Å². The number of piperazine rings is 1. The predicted molar refractivity (Wildman–Crippen MR) is 168 cm³/mol. The van der Waals surface area contributed by atoms with Crippen molar-refractivity contribution in [3.63, 3.8) is 0 Å². The van der Waals surface area contributed by atoms with E-state index in [9.17, 15) is 35.9 Å². The normalized spacial score (nSPS) is 17.2. The van der Waals surface area contributed by atoms with Gasteiger partial charge in [-0.25, -0.2) is 14.6 Å². The first-order chi connectivity index (χ1) is 23.5. The number of likely N-dealkylation sites (tertiary alicyclic amines) is 1. The van der Waals surface area contributed by atoms with Crippen molar-refractivity contribution in [1.29, 1.82) is 0 Å². The number of imidazole rings is 1. The summed E-state index contributed by atoms with van der Waals surface area (Å²) in [6.07, 6.45) is -5.41. The molecule has 0 saturated carbocycles. The maximum atomic E-state index is 13.1. The third-order valence-corrected chi connectivity index (χ3v) is 7.90. The van der Waals surface area contributed by atoms with Crippen LogP contribution in [0.1, 0.15) is 51.9 Å². The number of likely N-dealkylation sites (N-methyl/N-ethyl adjacent to an activating group) is 1. The fourth-order valence-corrected chi connectivity index (χ4v) is 5.31. The molecule has 3 N–H and O–H groups in total. The van der Waals surface area contributed by atoms with Gasteiger partial charge in [0.1, 0.15) is 5.82 Å². The lowest BCUT2D eigenvalue weighted by atomic mass is 9.96. The van der Waals surface area contributed by atoms with Crippen LogP contribution in [0.5, 0.6) is 0 Å². The number of pyridine rings is 1. The quantitative estimate of drug-likeness (QED) is 0.244. The van der Waals surface area contributed by atoms with Crippen molar-refractivity contribution < 1.29 is 55.7 Å². The van der Waals surface area contributed by atoms with E-state index in [1.54, 1.807) is 0 Å². The Kier molecular flexibility index (Phi) is 14.1. The molecular weight excluding hydrogens is 678 g/mol. The van der Waals surface area contributed by atoms with E-state index in [1.165, 1.54) is 0 Å². The van der Waals surface area contributed by atoms with Crippen molar-refractivity contribution in [2.45, 2.75) is 37.5 Å². The van der Waals surface area contributed by atoms with Crippen LogP contribution >= 0.6 is 0 Å². The fourth-order valence-electron chi connectivity index (χ4n) is 5.31. The minimum atomic E-state index is -5.08. The number of carboxylic acids is 2. The van der Waals surface area contributed by atoms with E-state index >= 15 is 0 Å². The van der Waals surface area contributed by atoms with Gasteiger partial charge in [0.15, 0.2) is 5.69 Å². The van der Waals surface area contributed by atoms with Crippen molar-refractivity contribution in [3.8, 4) is 0 Å². The molecule has 2 aromatic heterocycles. The second-order valence-corrected chi connectivity index (χ2v) is 11.6. The average molecular weight is 717 g/mol. The monoisotopic (exact) mass is 716 g/mol. The van der Waals surface area contributed by atoms with Gasteiger partial charge >= 0.3 is 24.3 Å². The molecule has 12 nitrogen and oxygen atoms in total. The van der Waals surface area contributed by atoms with Gasteiger partial charge in [0.05, 0.1) is 5.52 Å². The molecule has 2 fully saturated rings. The van der Waals surface area contributed by atoms with Gasteiger partial charge in [-0.15, -0.1) is 0 Å². The number of nitrogens with one attached hydrogen (secondary N) is 1. The molecule has 50 heavy (non-hydrogen) atoms. The Morgan fingerprint density at radius 2 is 1.44 bits per heavy atom. The second-order valence-electron chi connectivity index (χ2n) is 11.6. The summed E-state index contributed by atoms with van der Waals surface area (Å²) in [6.45, 7) is 7.36. The Morgan fingerprint density at radius 3 is 2.02 bits per heavy atom. The molecule has 0 radical (unpaired) electrons. The number of halogens is 6. The molecule has 0 aliphatic carbocycles. The molecule has 274 valence electrons. The van der Waals surface area contributed by atoms with Crippen LogP contribution in [0.15, 0.2) is 54.7 Å². The van der Waals surface area contributed by atoms with Crippen molar-refractivity contribution in [2.75, 3.05) is 59.4 Å². The van der Waals surface area contributed by atoms with Gasteiger partial charge in [-0.3, -0.25) is 9.59 Å². The molecule has 1 aromatic carbocycles. The maximum absolute atomic E-state index is 13.1. The van der Waals surface area contributed by atoms with Crippen LogP contribution in [0.3, 0.4) is 0 Å². The Morgan fingerprint density at radius 1 is 0.860 bits per heavy atom. The molecule has 5 rings (SSSR count). The third kappa shape index (κ3) is 11.7. The number of aromatic nitrogens is 2. The Labute approximate surface area is 283 Å². The summed E-state index contributed by atoms with van der Waals surface area (Å²) < 4.78 is 65.5. The SMILES string of the molecule is CN1CCN(CCCNC(=O)c2nc(C3CCCN(C(=O)c4ccccc4)C3)n3ccccc23)CC1.O=C(O)C(F)(F)F.O=C(O)C(F)(F)F. The number of rotatable bonds is 7. The molecule has 2 aliphatic heterocycles. The van der Waals surface area contributed by atoms with Crippen LogP contribution in [0.25, 0.3) is 5.52 Å². The van der Waals surface area contributed by atoms with Crippen LogP contribution in [-0.4, -0.2) is 130 Å². The lowest BCUT2D eigenvalue weighted by Crippen LogP contribution is -2.45. The molecule has 1 unspecified atom stereocenters. The average Bonchev–Trinajstić information content (AvgIpc) is 3.47. The summed E-state index contributed by atoms with van der Waals surface area (Å²) in [6, 6.07) is 15.3. The summed E-state index contributed by atoms with van der Waals surface area (Å²) in [5.41, 5.74) is 2.00. The standard InChI is InChI=1S/C28H36N6O2.2C2HF3O2/c1-31-17-19-32(20-18-31)14-8-13-29-27(35)25-24-12-5-6-16-34(24)26(30-25)23-11-7-15-33(21-23)28(36)22-9-3-2-4-10-22;2*3-2(4,5)1(6)7/h2-6,9-10,12,16,23H,7-8,11,13-15,17-21H2,1H3,(H,29,35);2*(H,6,7). The van der Waals surface area contributed by atoms with Gasteiger partial charge < -0.3 is 34.6 Å². The molecule has 2 amide bonds. The zero-order valence-electron chi connectivity index (χ0n) is 27.1. The zero-order valence-corrected chi connectivity index (χ0v) is 27.1. The largest absolute Gasteiger partial charge is 0.490 e. The minimum Gasteiger partial charge on any atom is -0.475 e. The molecule has 3 aromatic rings. The van der Waals surface area contributed by atoms with Crippen LogP contribution in [0.2, 0.25) is 0 Å². The second kappa shape index (κ2) is 17.8. The van der Waals surface area contributed by atoms with Crippen molar-refractivity contribution in [2.24, 2.45) is 0 Å². The first-order valence-corrected chi connectivity index (χ1v) is 15.6. The summed E-state index contributed by atoms with van der Waals surface area (Å²) in [7, 11) is 2.16. The topological polar surface area (TPSA) is 148 Å². The van der Waals surface area contributed by atoms with Crippen LogP contribution in [0, 0.1) is 0 Å². The van der Waals surface area contributed by atoms with Crippen LogP contribution in [-0.2, 0) is 9.59 Å². The highest BCUT2D eigenvalue weighted by Gasteiger charge is 2.39. The predicted octanol–water partition coefficient (Wildman–Crippen LogP) is 3.99. The van der Waals surface area contributed by atoms with E-state index in [2.05, 4.69) is 22.2 Å². The Hall–Kier alpha value is -4.71. The third-order valence-electron chi connectivity index (χ3n) is 7.90. The Balaban J connectivity index is 0.000000408. The number of piperidine rings is 1. The van der Waals surface area contributed by atoms with Gasteiger partial charge in [0.25, 0.3) is 11.8 Å².